The zero-order valence-corrected chi connectivity index (χ0v) is 9.67. The zero-order valence-electron chi connectivity index (χ0n) is 9.67. The van der Waals surface area contributed by atoms with Gasteiger partial charge in [-0.25, -0.2) is 8.78 Å². The Kier molecular flexibility index (Phi) is 3.24. The highest BCUT2D eigenvalue weighted by Crippen LogP contribution is 2.23. The fourth-order valence-corrected chi connectivity index (χ4v) is 1.60. The number of rotatable bonds is 2. The van der Waals surface area contributed by atoms with Crippen LogP contribution >= 0.6 is 0 Å². The predicted molar refractivity (Wildman–Crippen MR) is 65.5 cm³/mol. The van der Waals surface area contributed by atoms with Crippen LogP contribution in [0.15, 0.2) is 36.4 Å². The third-order valence-electron chi connectivity index (χ3n) is 2.56. The van der Waals surface area contributed by atoms with Gasteiger partial charge in [-0.05, 0) is 48.9 Å². The summed E-state index contributed by atoms with van der Waals surface area (Å²) >= 11 is 0. The second-order valence-electron chi connectivity index (χ2n) is 3.89. The fraction of sp³-hybridized carbons (Fsp3) is 0.0714. The number of hydrogen-bond acceptors (Lipinski definition) is 2. The normalized spacial score (nSPS) is 9.89. The Morgan fingerprint density at radius 2 is 1.78 bits per heavy atom. The van der Waals surface area contributed by atoms with Crippen LogP contribution in [0.3, 0.4) is 0 Å². The third-order valence-corrected chi connectivity index (χ3v) is 2.56. The van der Waals surface area contributed by atoms with Crippen molar-refractivity contribution in [3.63, 3.8) is 0 Å². The van der Waals surface area contributed by atoms with E-state index in [1.54, 1.807) is 13.0 Å². The van der Waals surface area contributed by atoms with Crippen molar-refractivity contribution < 1.29 is 8.78 Å². The number of nitriles is 1. The second kappa shape index (κ2) is 4.84. The summed E-state index contributed by atoms with van der Waals surface area (Å²) in [6.07, 6.45) is 0. The summed E-state index contributed by atoms with van der Waals surface area (Å²) in [4.78, 5) is 0. The number of nitrogens with one attached hydrogen (secondary N) is 1. The average molecular weight is 244 g/mol. The lowest BCUT2D eigenvalue weighted by Gasteiger charge is -2.10. The Labute approximate surface area is 103 Å². The molecule has 0 aliphatic rings. The highest BCUT2D eigenvalue weighted by molar-refractivity contribution is 5.64. The Morgan fingerprint density at radius 1 is 1.06 bits per heavy atom. The first-order chi connectivity index (χ1) is 8.60. The van der Waals surface area contributed by atoms with Crippen molar-refractivity contribution in [3.05, 3.63) is 59.2 Å². The summed E-state index contributed by atoms with van der Waals surface area (Å²) in [6, 6.07) is 10.2. The third kappa shape index (κ3) is 2.46. The van der Waals surface area contributed by atoms with E-state index >= 15 is 0 Å². The van der Waals surface area contributed by atoms with E-state index in [1.165, 1.54) is 24.3 Å². The van der Waals surface area contributed by atoms with Crippen LogP contribution in [0.1, 0.15) is 11.1 Å². The van der Waals surface area contributed by atoms with Crippen LogP contribution in [0.4, 0.5) is 20.2 Å². The van der Waals surface area contributed by atoms with Gasteiger partial charge in [0.15, 0.2) is 0 Å². The van der Waals surface area contributed by atoms with Gasteiger partial charge in [0.2, 0.25) is 0 Å². The lowest BCUT2D eigenvalue weighted by atomic mass is 10.1. The molecule has 0 spiro atoms. The van der Waals surface area contributed by atoms with Crippen molar-refractivity contribution in [2.45, 2.75) is 6.92 Å². The fourth-order valence-electron chi connectivity index (χ4n) is 1.60. The summed E-state index contributed by atoms with van der Waals surface area (Å²) in [5, 5.41) is 11.5. The predicted octanol–water partition coefficient (Wildman–Crippen LogP) is 3.89. The molecule has 2 aromatic rings. The standard InChI is InChI=1S/C14H10F2N2/c1-9-6-11(15)3-5-13(9)18-14-4-2-10(8-17)7-12(14)16/h2-7,18H,1H3. The summed E-state index contributed by atoms with van der Waals surface area (Å²) < 4.78 is 26.6. The van der Waals surface area contributed by atoms with Crippen molar-refractivity contribution in [2.24, 2.45) is 0 Å². The largest absolute Gasteiger partial charge is 0.353 e. The Balaban J connectivity index is 2.32. The molecule has 18 heavy (non-hydrogen) atoms. The van der Waals surface area contributed by atoms with Crippen LogP contribution in [0.2, 0.25) is 0 Å². The highest BCUT2D eigenvalue weighted by Gasteiger charge is 2.06. The summed E-state index contributed by atoms with van der Waals surface area (Å²) in [6.45, 7) is 1.73. The van der Waals surface area contributed by atoms with Gasteiger partial charge in [0.1, 0.15) is 11.6 Å². The van der Waals surface area contributed by atoms with E-state index in [0.29, 0.717) is 11.3 Å². The van der Waals surface area contributed by atoms with E-state index < -0.39 is 5.82 Å². The minimum absolute atomic E-state index is 0.253. The minimum atomic E-state index is -0.516. The average Bonchev–Trinajstić information content (AvgIpc) is 2.34. The molecule has 0 aliphatic carbocycles. The lowest BCUT2D eigenvalue weighted by Crippen LogP contribution is -1.96. The number of halogens is 2. The van der Waals surface area contributed by atoms with Crippen molar-refractivity contribution in [3.8, 4) is 6.07 Å². The van der Waals surface area contributed by atoms with Crippen molar-refractivity contribution in [1.82, 2.24) is 0 Å². The zero-order chi connectivity index (χ0) is 13.1. The number of anilines is 2. The van der Waals surface area contributed by atoms with Crippen molar-refractivity contribution in [2.75, 3.05) is 5.32 Å². The molecule has 0 atom stereocenters. The molecule has 0 aromatic heterocycles. The number of aryl methyl sites for hydroxylation is 1. The first-order valence-electron chi connectivity index (χ1n) is 5.33. The SMILES string of the molecule is Cc1cc(F)ccc1Nc1ccc(C#N)cc1F. The Hall–Kier alpha value is -2.41. The van der Waals surface area contributed by atoms with Crippen LogP contribution in [-0.2, 0) is 0 Å². The molecule has 2 nitrogen and oxygen atoms in total. The maximum atomic E-state index is 13.6. The maximum absolute atomic E-state index is 13.6. The first-order valence-corrected chi connectivity index (χ1v) is 5.33. The van der Waals surface area contributed by atoms with E-state index in [1.807, 2.05) is 6.07 Å². The van der Waals surface area contributed by atoms with Gasteiger partial charge in [-0.1, -0.05) is 0 Å². The molecule has 0 saturated carbocycles. The van der Waals surface area contributed by atoms with Gasteiger partial charge in [-0.2, -0.15) is 5.26 Å². The van der Waals surface area contributed by atoms with Crippen LogP contribution in [-0.4, -0.2) is 0 Å². The van der Waals surface area contributed by atoms with E-state index in [2.05, 4.69) is 5.32 Å². The number of hydrogen-bond donors (Lipinski definition) is 1. The summed E-state index contributed by atoms with van der Waals surface area (Å²) in [7, 11) is 0. The molecule has 0 radical (unpaired) electrons. The smallest absolute Gasteiger partial charge is 0.147 e. The molecule has 2 aromatic carbocycles. The van der Waals surface area contributed by atoms with E-state index in [0.717, 1.165) is 6.07 Å². The number of benzene rings is 2. The van der Waals surface area contributed by atoms with Crippen LogP contribution in [0, 0.1) is 29.9 Å². The molecule has 0 fully saturated rings. The van der Waals surface area contributed by atoms with Crippen LogP contribution < -0.4 is 5.32 Å². The van der Waals surface area contributed by atoms with Gasteiger partial charge < -0.3 is 5.32 Å². The molecular weight excluding hydrogens is 234 g/mol. The van der Waals surface area contributed by atoms with Gasteiger partial charge in [0, 0.05) is 5.69 Å². The van der Waals surface area contributed by atoms with Crippen LogP contribution in [0.25, 0.3) is 0 Å². The maximum Gasteiger partial charge on any atom is 0.147 e. The molecule has 2 rings (SSSR count). The molecule has 0 aliphatic heterocycles. The molecule has 90 valence electrons. The molecule has 0 unspecified atom stereocenters. The molecule has 0 bridgehead atoms. The molecule has 0 amide bonds. The quantitative estimate of drug-likeness (QED) is 0.869. The molecular formula is C14H10F2N2. The van der Waals surface area contributed by atoms with Gasteiger partial charge in [0.05, 0.1) is 17.3 Å². The molecule has 4 heteroatoms. The van der Waals surface area contributed by atoms with Gasteiger partial charge in [-0.15, -0.1) is 0 Å². The lowest BCUT2D eigenvalue weighted by molar-refractivity contribution is 0.626. The summed E-state index contributed by atoms with van der Waals surface area (Å²) in [5.41, 5.74) is 1.82. The van der Waals surface area contributed by atoms with Gasteiger partial charge in [-0.3, -0.25) is 0 Å². The van der Waals surface area contributed by atoms with E-state index in [4.69, 9.17) is 5.26 Å². The van der Waals surface area contributed by atoms with E-state index in [9.17, 15) is 8.78 Å². The minimum Gasteiger partial charge on any atom is -0.353 e. The topological polar surface area (TPSA) is 35.8 Å². The number of nitrogens with zero attached hydrogens (tertiary/aromatic N) is 1. The molecule has 1 N–H and O–H groups in total. The Morgan fingerprint density at radius 3 is 2.39 bits per heavy atom. The van der Waals surface area contributed by atoms with Crippen molar-refractivity contribution in [1.29, 1.82) is 5.26 Å². The molecule has 0 saturated heterocycles. The highest BCUT2D eigenvalue weighted by atomic mass is 19.1. The Bertz CT molecular complexity index is 630. The monoisotopic (exact) mass is 244 g/mol. The van der Waals surface area contributed by atoms with Gasteiger partial charge >= 0.3 is 0 Å². The first kappa shape index (κ1) is 12.1. The van der Waals surface area contributed by atoms with Gasteiger partial charge in [0.25, 0.3) is 0 Å². The summed E-state index contributed by atoms with van der Waals surface area (Å²) in [5.74, 6) is -0.851. The second-order valence-corrected chi connectivity index (χ2v) is 3.89. The van der Waals surface area contributed by atoms with E-state index in [-0.39, 0.29) is 17.1 Å². The van der Waals surface area contributed by atoms with Crippen molar-refractivity contribution >= 4 is 11.4 Å². The van der Waals surface area contributed by atoms with Crippen LogP contribution in [0.5, 0.6) is 0 Å². The molecule has 0 heterocycles.